The Labute approximate surface area is 348 Å². The molecule has 5 amide bonds. The molecule has 6 atom stereocenters. The third kappa shape index (κ3) is 12.9. The number of likely N-dealkylation sites (tertiary alicyclic amines) is 2. The quantitative estimate of drug-likeness (QED) is 0.132. The van der Waals surface area contributed by atoms with Crippen LogP contribution >= 0.6 is 0 Å². The Morgan fingerprint density at radius 2 is 1.71 bits per heavy atom. The fourth-order valence-corrected chi connectivity index (χ4v) is 9.56. The molecule has 0 bridgehead atoms. The SMILES string of the molecule is CC(C)(C)OC(=O)N[C@@H](CCCCC/C=C\C1C[C@@H]1C(=O)NS(=O)(=O)NC1CC1)C(=O)N1C[C@H](OC(=O)N2CCc3ccccc3C2CN2CCCCC2)C[C@H]1C(N)=O. The molecule has 5 N–H and O–H groups in total. The summed E-state index contributed by atoms with van der Waals surface area (Å²) < 4.78 is 40.3. The largest absolute Gasteiger partial charge is 0.444 e. The predicted molar refractivity (Wildman–Crippen MR) is 220 cm³/mol. The number of unbranched alkanes of at least 4 members (excludes halogenated alkanes) is 3. The normalized spacial score (nSPS) is 25.2. The number of nitrogens with one attached hydrogen (secondary N) is 3. The molecule has 3 aliphatic heterocycles. The summed E-state index contributed by atoms with van der Waals surface area (Å²) in [6.45, 7) is 8.28. The van der Waals surface area contributed by atoms with Gasteiger partial charge in [-0.15, -0.1) is 0 Å². The molecule has 4 fully saturated rings. The molecular weight excluding hydrogens is 779 g/mol. The molecule has 1 aromatic rings. The number of allylic oxidation sites excluding steroid dienone is 2. The number of primary amides is 1. The molecule has 2 saturated heterocycles. The summed E-state index contributed by atoms with van der Waals surface area (Å²) in [5.41, 5.74) is 7.35. The van der Waals surface area contributed by atoms with Crippen molar-refractivity contribution >= 4 is 40.1 Å². The highest BCUT2D eigenvalue weighted by atomic mass is 32.2. The lowest BCUT2D eigenvalue weighted by Crippen LogP contribution is -2.53. The second-order valence-corrected chi connectivity index (χ2v) is 19.2. The number of carbonyl (C=O) groups excluding carboxylic acids is 5. The van der Waals surface area contributed by atoms with E-state index in [1.54, 1.807) is 25.7 Å². The first-order valence-corrected chi connectivity index (χ1v) is 22.9. The summed E-state index contributed by atoms with van der Waals surface area (Å²) in [5.74, 6) is -2.09. The zero-order valence-electron chi connectivity index (χ0n) is 34.7. The van der Waals surface area contributed by atoms with E-state index >= 15 is 0 Å². The maximum atomic E-state index is 14.2. The van der Waals surface area contributed by atoms with Crippen LogP contribution in [-0.2, 0) is 40.5 Å². The molecule has 17 heteroatoms. The van der Waals surface area contributed by atoms with Crippen molar-refractivity contribution in [3.63, 3.8) is 0 Å². The maximum absolute atomic E-state index is 14.2. The Morgan fingerprint density at radius 1 is 0.966 bits per heavy atom. The summed E-state index contributed by atoms with van der Waals surface area (Å²) in [7, 11) is -3.83. The van der Waals surface area contributed by atoms with Gasteiger partial charge in [0, 0.05) is 31.5 Å². The van der Waals surface area contributed by atoms with Crippen molar-refractivity contribution in [1.29, 1.82) is 0 Å². The number of carbonyl (C=O) groups is 5. The summed E-state index contributed by atoms with van der Waals surface area (Å²) in [6.07, 6.45) is 11.3. The van der Waals surface area contributed by atoms with E-state index in [-0.39, 0.29) is 43.3 Å². The summed E-state index contributed by atoms with van der Waals surface area (Å²) in [4.78, 5) is 71.8. The van der Waals surface area contributed by atoms with E-state index in [1.807, 2.05) is 24.3 Å². The van der Waals surface area contributed by atoms with Crippen LogP contribution in [0.1, 0.15) is 115 Å². The first kappa shape index (κ1) is 44.3. The maximum Gasteiger partial charge on any atom is 0.410 e. The molecule has 0 spiro atoms. The van der Waals surface area contributed by atoms with Crippen molar-refractivity contribution in [3.8, 4) is 0 Å². The molecule has 2 unspecified atom stereocenters. The molecule has 0 aromatic heterocycles. The zero-order chi connectivity index (χ0) is 42.3. The van der Waals surface area contributed by atoms with Crippen LogP contribution in [0.4, 0.5) is 9.59 Å². The Kier molecular flexibility index (Phi) is 14.6. The Morgan fingerprint density at radius 3 is 2.42 bits per heavy atom. The smallest absolute Gasteiger partial charge is 0.410 e. The van der Waals surface area contributed by atoms with Gasteiger partial charge in [-0.2, -0.15) is 13.1 Å². The summed E-state index contributed by atoms with van der Waals surface area (Å²) in [6, 6.07) is 5.89. The van der Waals surface area contributed by atoms with Crippen molar-refractivity contribution in [2.45, 2.75) is 140 Å². The number of rotatable bonds is 17. The minimum absolute atomic E-state index is 0.00882. The van der Waals surface area contributed by atoms with E-state index in [4.69, 9.17) is 15.2 Å². The fraction of sp³-hybridized carbons (Fsp3) is 0.690. The van der Waals surface area contributed by atoms with E-state index < -0.39 is 63.9 Å². The predicted octanol–water partition coefficient (Wildman–Crippen LogP) is 3.81. The van der Waals surface area contributed by atoms with Gasteiger partial charge < -0.3 is 30.3 Å². The molecule has 3 heterocycles. The first-order chi connectivity index (χ1) is 28.1. The van der Waals surface area contributed by atoms with Gasteiger partial charge in [-0.1, -0.05) is 55.7 Å². The third-order valence-corrected chi connectivity index (χ3v) is 12.8. The average Bonchev–Trinajstić information content (AvgIpc) is 4.10. The molecule has 0 radical (unpaired) electrons. The highest BCUT2D eigenvalue weighted by Crippen LogP contribution is 2.40. The molecule has 2 aliphatic carbocycles. The number of nitrogens with zero attached hydrogens (tertiary/aromatic N) is 3. The van der Waals surface area contributed by atoms with Crippen molar-refractivity contribution in [2.75, 3.05) is 32.7 Å². The standard InChI is InChI=1S/C42H63N7O9S/c1-42(2,3)58-40(53)44-34(17-9-6-4-5-8-15-29-24-33(29)38(51)46-59(55,56)45-30-18-19-30)39(52)49-26-31(25-35(49)37(43)50)57-41(54)48-23-20-28-14-10-11-16-32(28)36(48)27-47-21-12-7-13-22-47/h8,10-11,14-16,29-31,33-36,45H,4-7,9,12-13,17-27H2,1-3H3,(H2,43,50)(H,44,53)(H,46,51)/b15-8-/t29?,31-,33+,34+,35+,36?/m1/s1. The number of alkyl carbamates (subject to hydrolysis) is 1. The van der Waals surface area contributed by atoms with Gasteiger partial charge in [-0.05, 0) is 109 Å². The number of hydrogen-bond acceptors (Lipinski definition) is 10. The van der Waals surface area contributed by atoms with E-state index in [0.29, 0.717) is 32.4 Å². The molecular formula is C42H63N7O9S. The number of fused-ring (bicyclic) bond motifs is 1. The number of amides is 5. The minimum Gasteiger partial charge on any atom is -0.444 e. The van der Waals surface area contributed by atoms with E-state index in [1.165, 1.54) is 16.9 Å². The second kappa shape index (κ2) is 19.4. The van der Waals surface area contributed by atoms with Gasteiger partial charge in [-0.3, -0.25) is 19.3 Å². The van der Waals surface area contributed by atoms with Crippen LogP contribution in [0.2, 0.25) is 0 Å². The Hall–Kier alpha value is -4.22. The van der Waals surface area contributed by atoms with Crippen molar-refractivity contribution in [3.05, 3.63) is 47.5 Å². The lowest BCUT2D eigenvalue weighted by molar-refractivity contribution is -0.139. The molecule has 5 aliphatic rings. The van der Waals surface area contributed by atoms with Gasteiger partial charge in [0.1, 0.15) is 23.8 Å². The van der Waals surface area contributed by atoms with Gasteiger partial charge in [-0.25, -0.2) is 14.3 Å². The lowest BCUT2D eigenvalue weighted by Gasteiger charge is -2.40. The van der Waals surface area contributed by atoms with E-state index in [2.05, 4.69) is 31.8 Å². The monoisotopic (exact) mass is 841 g/mol. The van der Waals surface area contributed by atoms with Crippen molar-refractivity contribution < 1.29 is 41.9 Å². The number of nitrogens with two attached hydrogens (primary N) is 1. The average molecular weight is 842 g/mol. The van der Waals surface area contributed by atoms with Crippen LogP contribution in [0.15, 0.2) is 36.4 Å². The van der Waals surface area contributed by atoms with Gasteiger partial charge in [0.15, 0.2) is 0 Å². The topological polar surface area (TPSA) is 210 Å². The number of piperidine rings is 1. The number of hydrogen-bond donors (Lipinski definition) is 4. The fourth-order valence-electron chi connectivity index (χ4n) is 8.41. The van der Waals surface area contributed by atoms with Crippen LogP contribution in [0, 0.1) is 11.8 Å². The zero-order valence-corrected chi connectivity index (χ0v) is 35.6. The van der Waals surface area contributed by atoms with E-state index in [9.17, 15) is 32.4 Å². The Balaban J connectivity index is 1.02. The highest BCUT2D eigenvalue weighted by Gasteiger charge is 2.45. The molecule has 59 heavy (non-hydrogen) atoms. The minimum atomic E-state index is -3.83. The van der Waals surface area contributed by atoms with Crippen molar-refractivity contribution in [2.24, 2.45) is 17.6 Å². The van der Waals surface area contributed by atoms with Gasteiger partial charge in [0.05, 0.1) is 12.6 Å². The van der Waals surface area contributed by atoms with Crippen LogP contribution in [0.5, 0.6) is 0 Å². The lowest BCUT2D eigenvalue weighted by atomic mass is 9.92. The van der Waals surface area contributed by atoms with Gasteiger partial charge in [0.25, 0.3) is 0 Å². The molecule has 16 nitrogen and oxygen atoms in total. The van der Waals surface area contributed by atoms with Crippen LogP contribution in [0.25, 0.3) is 0 Å². The van der Waals surface area contributed by atoms with Gasteiger partial charge >= 0.3 is 22.4 Å². The second-order valence-electron chi connectivity index (χ2n) is 17.8. The van der Waals surface area contributed by atoms with E-state index in [0.717, 1.165) is 63.6 Å². The van der Waals surface area contributed by atoms with Crippen molar-refractivity contribution in [1.82, 2.24) is 29.5 Å². The highest BCUT2D eigenvalue weighted by molar-refractivity contribution is 7.88. The molecule has 2 saturated carbocycles. The molecule has 1 aromatic carbocycles. The summed E-state index contributed by atoms with van der Waals surface area (Å²) in [5, 5.41) is 2.72. The molecule has 6 rings (SSSR count). The van der Waals surface area contributed by atoms with Crippen LogP contribution in [0.3, 0.4) is 0 Å². The Bertz CT molecular complexity index is 1830. The number of ether oxygens (including phenoxy) is 2. The number of benzene rings is 1. The van der Waals surface area contributed by atoms with Crippen LogP contribution in [-0.4, -0.2) is 116 Å². The van der Waals surface area contributed by atoms with Gasteiger partial charge in [0.2, 0.25) is 17.7 Å². The third-order valence-electron chi connectivity index (χ3n) is 11.7. The molecule has 326 valence electrons. The summed E-state index contributed by atoms with van der Waals surface area (Å²) >= 11 is 0. The van der Waals surface area contributed by atoms with Crippen LogP contribution < -0.4 is 20.5 Å². The first-order valence-electron chi connectivity index (χ1n) is 21.4.